The molecule has 0 amide bonds. The Labute approximate surface area is 159 Å². The van der Waals surface area contributed by atoms with Crippen LogP contribution in [-0.2, 0) is 16.6 Å². The number of aryl methyl sites for hydroxylation is 1. The number of hydrogen-bond donors (Lipinski definition) is 2. The summed E-state index contributed by atoms with van der Waals surface area (Å²) in [6.07, 6.45) is -0.683. The fraction of sp³-hybridized carbons (Fsp3) is 0.176. The normalized spacial score (nSPS) is 13.1. The molecule has 0 fully saturated rings. The van der Waals surface area contributed by atoms with Crippen LogP contribution in [-0.4, -0.2) is 13.5 Å². The van der Waals surface area contributed by atoms with Crippen LogP contribution in [0.3, 0.4) is 0 Å². The first-order valence-corrected chi connectivity index (χ1v) is 11.0. The molecule has 0 aliphatic heterocycles. The van der Waals surface area contributed by atoms with Gasteiger partial charge in [0.25, 0.3) is 0 Å². The molecule has 0 aliphatic carbocycles. The Morgan fingerprint density at radius 2 is 2.04 bits per heavy atom. The molecular formula is C17H16ClNO3S3. The lowest BCUT2D eigenvalue weighted by Crippen LogP contribution is -2.22. The molecule has 3 aromatic rings. The molecule has 2 heterocycles. The zero-order valence-corrected chi connectivity index (χ0v) is 16.5. The number of rotatable bonds is 6. The summed E-state index contributed by atoms with van der Waals surface area (Å²) < 4.78 is 27.3. The minimum absolute atomic E-state index is 0.137. The molecule has 132 valence electrons. The van der Waals surface area contributed by atoms with E-state index < -0.39 is 16.1 Å². The fourth-order valence-electron chi connectivity index (χ4n) is 2.22. The zero-order valence-electron chi connectivity index (χ0n) is 13.3. The van der Waals surface area contributed by atoms with E-state index in [2.05, 4.69) is 4.72 Å². The third-order valence-electron chi connectivity index (χ3n) is 3.70. The Balaban J connectivity index is 1.70. The van der Waals surface area contributed by atoms with Crippen LogP contribution in [0.2, 0.25) is 5.02 Å². The molecule has 0 saturated carbocycles. The number of hydrogen-bond acceptors (Lipinski definition) is 5. The first kappa shape index (κ1) is 18.6. The first-order chi connectivity index (χ1) is 11.9. The average Bonchev–Trinajstić information content (AvgIpc) is 3.26. The van der Waals surface area contributed by atoms with Crippen molar-refractivity contribution in [3.8, 4) is 0 Å². The topological polar surface area (TPSA) is 66.4 Å². The van der Waals surface area contributed by atoms with Crippen LogP contribution in [0.5, 0.6) is 0 Å². The number of nitrogens with one attached hydrogen (secondary N) is 1. The van der Waals surface area contributed by atoms with E-state index in [1.807, 2.05) is 35.9 Å². The lowest BCUT2D eigenvalue weighted by molar-refractivity contribution is 0.224. The van der Waals surface area contributed by atoms with Crippen LogP contribution >= 0.6 is 34.3 Å². The quantitative estimate of drug-likeness (QED) is 0.632. The Morgan fingerprint density at radius 1 is 1.24 bits per heavy atom. The Hall–Kier alpha value is -1.22. The number of benzene rings is 1. The van der Waals surface area contributed by atoms with Gasteiger partial charge in [-0.2, -0.15) is 11.3 Å². The van der Waals surface area contributed by atoms with Gasteiger partial charge in [-0.05, 0) is 59.1 Å². The molecule has 4 nitrogen and oxygen atoms in total. The van der Waals surface area contributed by atoms with Crippen LogP contribution in [0.15, 0.2) is 52.1 Å². The second-order valence-electron chi connectivity index (χ2n) is 5.50. The Kier molecular flexibility index (Phi) is 5.62. The van der Waals surface area contributed by atoms with E-state index in [1.54, 1.807) is 6.07 Å². The van der Waals surface area contributed by atoms with Crippen LogP contribution < -0.4 is 4.72 Å². The van der Waals surface area contributed by atoms with Gasteiger partial charge < -0.3 is 5.11 Å². The zero-order chi connectivity index (χ0) is 18.0. The fourth-order valence-corrected chi connectivity index (χ4v) is 5.24. The van der Waals surface area contributed by atoms with Crippen molar-refractivity contribution < 1.29 is 13.5 Å². The van der Waals surface area contributed by atoms with Gasteiger partial charge in [-0.15, -0.1) is 11.3 Å². The number of aliphatic hydroxyl groups excluding tert-OH is 1. The summed E-state index contributed by atoms with van der Waals surface area (Å²) in [7, 11) is -3.64. The van der Waals surface area contributed by atoms with Crippen LogP contribution in [0.25, 0.3) is 0 Å². The molecule has 0 spiro atoms. The summed E-state index contributed by atoms with van der Waals surface area (Å²) in [6.45, 7) is 1.98. The summed E-state index contributed by atoms with van der Waals surface area (Å²) in [5.74, 6) is 0. The number of aliphatic hydroxyl groups is 1. The van der Waals surface area contributed by atoms with E-state index in [0.717, 1.165) is 20.9 Å². The van der Waals surface area contributed by atoms with Gasteiger partial charge in [0.15, 0.2) is 0 Å². The van der Waals surface area contributed by atoms with E-state index in [4.69, 9.17) is 11.6 Å². The molecule has 1 aromatic carbocycles. The number of thiophene rings is 2. The maximum atomic E-state index is 12.4. The van der Waals surface area contributed by atoms with Crippen molar-refractivity contribution in [2.45, 2.75) is 24.5 Å². The number of sulfonamides is 1. The summed E-state index contributed by atoms with van der Waals surface area (Å²) in [5.41, 5.74) is 1.67. The lowest BCUT2D eigenvalue weighted by Gasteiger charge is -2.07. The summed E-state index contributed by atoms with van der Waals surface area (Å²) in [4.78, 5) is 1.75. The minimum atomic E-state index is -3.64. The molecule has 0 radical (unpaired) electrons. The highest BCUT2D eigenvalue weighted by Gasteiger charge is 2.17. The van der Waals surface area contributed by atoms with Gasteiger partial charge in [-0.25, -0.2) is 13.1 Å². The minimum Gasteiger partial charge on any atom is -0.383 e. The standard InChI is InChI=1S/C17H16ClNO3S3/c1-11-2-4-14(8-15(11)18)25(21,22)19-9-13-3-5-16(24-13)17(20)12-6-7-23-10-12/h2-8,10,17,19-20H,9H2,1H3. The molecule has 1 unspecified atom stereocenters. The van der Waals surface area contributed by atoms with Gasteiger partial charge in [-0.3, -0.25) is 0 Å². The van der Waals surface area contributed by atoms with Crippen molar-refractivity contribution in [2.75, 3.05) is 0 Å². The molecule has 8 heteroatoms. The second kappa shape index (κ2) is 7.57. The van der Waals surface area contributed by atoms with Crippen LogP contribution in [0.4, 0.5) is 0 Å². The van der Waals surface area contributed by atoms with Gasteiger partial charge in [0.1, 0.15) is 6.10 Å². The van der Waals surface area contributed by atoms with Gasteiger partial charge in [-0.1, -0.05) is 17.7 Å². The Morgan fingerprint density at radius 3 is 2.72 bits per heavy atom. The van der Waals surface area contributed by atoms with Crippen LogP contribution in [0.1, 0.15) is 27.0 Å². The molecule has 3 rings (SSSR count). The molecule has 2 N–H and O–H groups in total. The van der Waals surface area contributed by atoms with Crippen molar-refractivity contribution in [1.29, 1.82) is 0 Å². The van der Waals surface area contributed by atoms with E-state index in [-0.39, 0.29) is 11.4 Å². The maximum Gasteiger partial charge on any atom is 0.240 e. The molecule has 0 aliphatic rings. The summed E-state index contributed by atoms with van der Waals surface area (Å²) in [5, 5.41) is 14.5. The predicted octanol–water partition coefficient (Wildman–Crippen LogP) is 4.33. The summed E-state index contributed by atoms with van der Waals surface area (Å²) in [6, 6.07) is 10.2. The van der Waals surface area contributed by atoms with Gasteiger partial charge in [0.2, 0.25) is 10.0 Å². The van der Waals surface area contributed by atoms with Crippen molar-refractivity contribution in [2.24, 2.45) is 0 Å². The SMILES string of the molecule is Cc1ccc(S(=O)(=O)NCc2ccc(C(O)c3ccsc3)s2)cc1Cl. The van der Waals surface area contributed by atoms with Gasteiger partial charge in [0.05, 0.1) is 4.90 Å². The third-order valence-corrected chi connectivity index (χ3v) is 7.35. The van der Waals surface area contributed by atoms with Crippen molar-refractivity contribution >= 4 is 44.3 Å². The lowest BCUT2D eigenvalue weighted by atomic mass is 10.2. The van der Waals surface area contributed by atoms with E-state index >= 15 is 0 Å². The smallest absolute Gasteiger partial charge is 0.240 e. The van der Waals surface area contributed by atoms with E-state index in [1.165, 1.54) is 34.8 Å². The van der Waals surface area contributed by atoms with Gasteiger partial charge >= 0.3 is 0 Å². The highest BCUT2D eigenvalue weighted by atomic mass is 35.5. The first-order valence-electron chi connectivity index (χ1n) is 7.41. The van der Waals surface area contributed by atoms with Crippen molar-refractivity contribution in [1.82, 2.24) is 4.72 Å². The summed E-state index contributed by atoms with van der Waals surface area (Å²) >= 11 is 8.91. The van der Waals surface area contributed by atoms with Crippen molar-refractivity contribution in [3.05, 3.63) is 73.1 Å². The van der Waals surface area contributed by atoms with Crippen LogP contribution in [0, 0.1) is 6.92 Å². The molecule has 2 aromatic heterocycles. The molecule has 1 atom stereocenters. The average molecular weight is 414 g/mol. The molecule has 0 saturated heterocycles. The predicted molar refractivity (Wildman–Crippen MR) is 103 cm³/mol. The monoisotopic (exact) mass is 413 g/mol. The highest BCUT2D eigenvalue weighted by Crippen LogP contribution is 2.30. The maximum absolute atomic E-state index is 12.4. The molecular weight excluding hydrogens is 398 g/mol. The van der Waals surface area contributed by atoms with Gasteiger partial charge in [0, 0.05) is 21.3 Å². The van der Waals surface area contributed by atoms with E-state index in [0.29, 0.717) is 5.02 Å². The molecule has 25 heavy (non-hydrogen) atoms. The molecule has 0 bridgehead atoms. The number of halogens is 1. The van der Waals surface area contributed by atoms with E-state index in [9.17, 15) is 13.5 Å². The Bertz CT molecular complexity index is 965. The largest absolute Gasteiger partial charge is 0.383 e. The highest BCUT2D eigenvalue weighted by molar-refractivity contribution is 7.89. The second-order valence-corrected chi connectivity index (χ2v) is 9.65. The third kappa shape index (κ3) is 4.31. The van der Waals surface area contributed by atoms with Crippen molar-refractivity contribution in [3.63, 3.8) is 0 Å².